The van der Waals surface area contributed by atoms with E-state index in [0.717, 1.165) is 17.7 Å². The molecule has 4 N–H and O–H groups in total. The molecule has 2 aromatic rings. The van der Waals surface area contributed by atoms with Gasteiger partial charge in [0.15, 0.2) is 0 Å². The maximum absolute atomic E-state index is 13.5. The Bertz CT molecular complexity index is 1200. The van der Waals surface area contributed by atoms with Gasteiger partial charge in [0, 0.05) is 13.1 Å². The van der Waals surface area contributed by atoms with Gasteiger partial charge in [0.25, 0.3) is 0 Å². The van der Waals surface area contributed by atoms with Gasteiger partial charge in [-0.3, -0.25) is 14.4 Å². The molecule has 0 bridgehead atoms. The molecule has 3 atom stereocenters. The summed E-state index contributed by atoms with van der Waals surface area (Å²) < 4.78 is 46.0. The molecule has 230 valence electrons. The Labute approximate surface area is 245 Å². The van der Waals surface area contributed by atoms with E-state index in [2.05, 4.69) is 21.3 Å². The van der Waals surface area contributed by atoms with Crippen LogP contribution in [0.15, 0.2) is 48.5 Å². The summed E-state index contributed by atoms with van der Waals surface area (Å²) in [6, 6.07) is 9.71. The highest BCUT2D eigenvalue weighted by molar-refractivity contribution is 5.93. The molecule has 3 amide bonds. The highest BCUT2D eigenvalue weighted by Gasteiger charge is 2.32. The Balaban J connectivity index is 1.89. The van der Waals surface area contributed by atoms with E-state index >= 15 is 0 Å². The van der Waals surface area contributed by atoms with Crippen LogP contribution >= 0.6 is 0 Å². The SMILES string of the molecule is CCC[C@@H]1NC(=O)[C@@H](C(C)C)NC(=O)[C@@H](Cc2cccc(C(F)(F)F)c2)NCCOc2ccccc2CCCNC1=O. The molecule has 1 aliphatic heterocycles. The van der Waals surface area contributed by atoms with Crippen molar-refractivity contribution in [1.82, 2.24) is 21.3 Å². The number of benzene rings is 2. The van der Waals surface area contributed by atoms with E-state index in [0.29, 0.717) is 43.5 Å². The van der Waals surface area contributed by atoms with E-state index in [-0.39, 0.29) is 31.4 Å². The second-order valence-corrected chi connectivity index (χ2v) is 10.8. The Kier molecular flexibility index (Phi) is 12.2. The molecule has 0 unspecified atom stereocenters. The number of halogens is 3. The van der Waals surface area contributed by atoms with Gasteiger partial charge >= 0.3 is 6.18 Å². The number of carbonyl (C=O) groups excluding carboxylic acids is 3. The summed E-state index contributed by atoms with van der Waals surface area (Å²) in [4.78, 5) is 39.8. The molecular formula is C31H41F3N4O4. The average Bonchev–Trinajstić information content (AvgIpc) is 2.94. The molecule has 1 aliphatic rings. The minimum atomic E-state index is -4.52. The number of nitrogens with one attached hydrogen (secondary N) is 4. The van der Waals surface area contributed by atoms with Crippen LogP contribution in [0.25, 0.3) is 0 Å². The molecule has 0 aromatic heterocycles. The summed E-state index contributed by atoms with van der Waals surface area (Å²) >= 11 is 0. The lowest BCUT2D eigenvalue weighted by atomic mass is 9.99. The first-order chi connectivity index (χ1) is 20.0. The maximum atomic E-state index is 13.5. The number of hydrogen-bond acceptors (Lipinski definition) is 5. The molecule has 0 saturated heterocycles. The smallest absolute Gasteiger partial charge is 0.416 e. The molecule has 0 radical (unpaired) electrons. The second kappa shape index (κ2) is 15.6. The van der Waals surface area contributed by atoms with E-state index in [4.69, 9.17) is 4.74 Å². The molecular weight excluding hydrogens is 549 g/mol. The van der Waals surface area contributed by atoms with Gasteiger partial charge in [0.2, 0.25) is 17.7 Å². The number of carbonyl (C=O) groups is 3. The molecule has 2 aromatic carbocycles. The first kappa shape index (κ1) is 32.9. The Morgan fingerprint density at radius 3 is 2.40 bits per heavy atom. The molecule has 0 fully saturated rings. The predicted octanol–water partition coefficient (Wildman–Crippen LogP) is 3.77. The minimum absolute atomic E-state index is 0.0420. The normalized spacial score (nSPS) is 21.7. The van der Waals surface area contributed by atoms with Crippen molar-refractivity contribution in [3.05, 3.63) is 65.2 Å². The quantitative estimate of drug-likeness (QED) is 0.424. The lowest BCUT2D eigenvalue weighted by Crippen LogP contribution is -2.58. The highest BCUT2D eigenvalue weighted by atomic mass is 19.4. The van der Waals surface area contributed by atoms with Crippen LogP contribution in [0.2, 0.25) is 0 Å². The van der Waals surface area contributed by atoms with Gasteiger partial charge in [-0.15, -0.1) is 0 Å². The lowest BCUT2D eigenvalue weighted by Gasteiger charge is -2.27. The van der Waals surface area contributed by atoms with Crippen molar-refractivity contribution in [3.8, 4) is 5.75 Å². The zero-order valence-electron chi connectivity index (χ0n) is 24.4. The van der Waals surface area contributed by atoms with Crippen molar-refractivity contribution >= 4 is 17.7 Å². The summed E-state index contributed by atoms with van der Waals surface area (Å²) in [6.45, 7) is 6.31. The fraction of sp³-hybridized carbons (Fsp3) is 0.516. The monoisotopic (exact) mass is 590 g/mol. The van der Waals surface area contributed by atoms with Crippen molar-refractivity contribution in [3.63, 3.8) is 0 Å². The molecule has 0 spiro atoms. The van der Waals surface area contributed by atoms with Crippen LogP contribution in [-0.4, -0.2) is 55.5 Å². The van der Waals surface area contributed by atoms with Crippen molar-refractivity contribution in [1.29, 1.82) is 0 Å². The van der Waals surface area contributed by atoms with Crippen LogP contribution in [0.4, 0.5) is 13.2 Å². The van der Waals surface area contributed by atoms with Crippen LogP contribution in [0, 0.1) is 5.92 Å². The van der Waals surface area contributed by atoms with Crippen molar-refractivity contribution < 1.29 is 32.3 Å². The molecule has 1 heterocycles. The number of aryl methyl sites for hydroxylation is 1. The summed E-state index contributed by atoms with van der Waals surface area (Å²) in [5.74, 6) is -0.975. The maximum Gasteiger partial charge on any atom is 0.416 e. The molecule has 0 saturated carbocycles. The number of alkyl halides is 3. The van der Waals surface area contributed by atoms with E-state index in [1.54, 1.807) is 13.8 Å². The van der Waals surface area contributed by atoms with E-state index < -0.39 is 41.7 Å². The van der Waals surface area contributed by atoms with Crippen LogP contribution in [0.5, 0.6) is 5.75 Å². The third kappa shape index (κ3) is 9.75. The number of ether oxygens (including phenoxy) is 1. The first-order valence-corrected chi connectivity index (χ1v) is 14.5. The molecule has 3 rings (SSSR count). The summed E-state index contributed by atoms with van der Waals surface area (Å²) in [5.41, 5.74) is 0.473. The van der Waals surface area contributed by atoms with E-state index in [1.165, 1.54) is 12.1 Å². The summed E-state index contributed by atoms with van der Waals surface area (Å²) in [5, 5.41) is 11.6. The zero-order valence-corrected chi connectivity index (χ0v) is 24.4. The molecule has 11 heteroatoms. The molecule has 8 nitrogen and oxygen atoms in total. The Hall–Kier alpha value is -3.60. The number of fused-ring (bicyclic) bond motifs is 1. The zero-order chi connectivity index (χ0) is 30.7. The molecule has 42 heavy (non-hydrogen) atoms. The number of hydrogen-bond donors (Lipinski definition) is 4. The van der Waals surface area contributed by atoms with Crippen molar-refractivity contribution in [2.45, 2.75) is 77.2 Å². The standard InChI is InChI=1S/C31H41F3N4O4/c1-4-9-24-28(39)36-15-8-12-22-11-5-6-14-26(22)42-17-16-35-25(29(40)38-27(20(2)3)30(41)37-24)19-21-10-7-13-23(18-21)31(32,33)34/h5-7,10-11,13-14,18,20,24-25,27,35H,4,8-9,12,15-17,19H2,1-3H3,(H,36,39)(H,37,41)(H,38,40)/t24-,25+,27+/m0/s1. The molecule has 0 aliphatic carbocycles. The fourth-order valence-electron chi connectivity index (χ4n) is 4.83. The summed E-state index contributed by atoms with van der Waals surface area (Å²) in [6.07, 6.45) is -2.16. The Morgan fingerprint density at radius 1 is 0.929 bits per heavy atom. The minimum Gasteiger partial charge on any atom is -0.492 e. The summed E-state index contributed by atoms with van der Waals surface area (Å²) in [7, 11) is 0. The second-order valence-electron chi connectivity index (χ2n) is 10.8. The van der Waals surface area contributed by atoms with Crippen LogP contribution < -0.4 is 26.0 Å². The van der Waals surface area contributed by atoms with Gasteiger partial charge in [-0.1, -0.05) is 63.6 Å². The van der Waals surface area contributed by atoms with Gasteiger partial charge < -0.3 is 26.0 Å². The van der Waals surface area contributed by atoms with Crippen molar-refractivity contribution in [2.24, 2.45) is 5.92 Å². The van der Waals surface area contributed by atoms with E-state index in [9.17, 15) is 27.6 Å². The van der Waals surface area contributed by atoms with E-state index in [1.807, 2.05) is 31.2 Å². The van der Waals surface area contributed by atoms with Gasteiger partial charge in [0.1, 0.15) is 24.4 Å². The topological polar surface area (TPSA) is 109 Å². The lowest BCUT2D eigenvalue weighted by molar-refractivity contribution is -0.137. The average molecular weight is 591 g/mol. The van der Waals surface area contributed by atoms with Crippen LogP contribution in [0.1, 0.15) is 56.7 Å². The van der Waals surface area contributed by atoms with Crippen molar-refractivity contribution in [2.75, 3.05) is 19.7 Å². The van der Waals surface area contributed by atoms with Crippen LogP contribution in [0.3, 0.4) is 0 Å². The van der Waals surface area contributed by atoms with Gasteiger partial charge in [-0.2, -0.15) is 13.2 Å². The largest absolute Gasteiger partial charge is 0.492 e. The number of rotatable bonds is 5. The van der Waals surface area contributed by atoms with Gasteiger partial charge in [-0.05, 0) is 54.9 Å². The van der Waals surface area contributed by atoms with Crippen LogP contribution in [-0.2, 0) is 33.4 Å². The fourth-order valence-corrected chi connectivity index (χ4v) is 4.83. The van der Waals surface area contributed by atoms with Gasteiger partial charge in [0.05, 0.1) is 11.6 Å². The highest BCUT2D eigenvalue weighted by Crippen LogP contribution is 2.29. The predicted molar refractivity (Wildman–Crippen MR) is 154 cm³/mol. The number of amides is 3. The Morgan fingerprint density at radius 2 is 1.69 bits per heavy atom. The number of para-hydroxylation sites is 1. The third-order valence-electron chi connectivity index (χ3n) is 7.11. The third-order valence-corrected chi connectivity index (χ3v) is 7.11. The first-order valence-electron chi connectivity index (χ1n) is 14.5. The van der Waals surface area contributed by atoms with Gasteiger partial charge in [-0.25, -0.2) is 0 Å².